The van der Waals surface area contributed by atoms with Gasteiger partial charge in [0.2, 0.25) is 0 Å². The number of anilines is 1. The molecule has 0 saturated carbocycles. The van der Waals surface area contributed by atoms with Gasteiger partial charge in [-0.3, -0.25) is 10.1 Å². The zero-order valence-electron chi connectivity index (χ0n) is 6.08. The van der Waals surface area contributed by atoms with Gasteiger partial charge in [0.15, 0.2) is 5.69 Å². The van der Waals surface area contributed by atoms with Crippen LogP contribution in [0.2, 0.25) is 0 Å². The van der Waals surface area contributed by atoms with Crippen molar-refractivity contribution >= 4 is 34.0 Å². The first-order valence-electron chi connectivity index (χ1n) is 3.08. The molecule has 0 bridgehead atoms. The summed E-state index contributed by atoms with van der Waals surface area (Å²) in [6, 6.07) is 3.76. The summed E-state index contributed by atoms with van der Waals surface area (Å²) >= 11 is 1.61. The Balaban J connectivity index is 3.34. The molecule has 0 aliphatic carbocycles. The molecule has 0 N–H and O–H groups in total. The van der Waals surface area contributed by atoms with E-state index in [1.807, 2.05) is 0 Å². The van der Waals surface area contributed by atoms with Crippen LogP contribution in [0.15, 0.2) is 18.2 Å². The fourth-order valence-electron chi connectivity index (χ4n) is 0.819. The number of rotatable bonds is 2. The molecule has 1 rings (SSSR count). The molecule has 0 fully saturated rings. The first-order chi connectivity index (χ1) is 6.04. The van der Waals surface area contributed by atoms with Gasteiger partial charge in [0.05, 0.1) is 4.92 Å². The Bertz CT molecular complexity index is 345. The fourth-order valence-corrected chi connectivity index (χ4v) is 1.48. The van der Waals surface area contributed by atoms with Crippen molar-refractivity contribution in [1.29, 1.82) is 0 Å². The molecule has 70 valence electrons. The Hall–Kier alpha value is -0.990. The molecule has 0 heterocycles. The van der Waals surface area contributed by atoms with E-state index < -0.39 is 21.6 Å². The molecule has 1 aromatic carbocycles. The summed E-state index contributed by atoms with van der Waals surface area (Å²) in [5.41, 5.74) is -1.27. The highest BCUT2D eigenvalue weighted by atomic mass is 127. The molecule has 0 aromatic heterocycles. The van der Waals surface area contributed by atoms with E-state index in [-0.39, 0.29) is 3.57 Å². The summed E-state index contributed by atoms with van der Waals surface area (Å²) in [4.78, 5) is 9.48. The number of hydrogen-bond donors (Lipinski definition) is 0. The molecule has 0 radical (unpaired) electrons. The van der Waals surface area contributed by atoms with Crippen molar-refractivity contribution in [2.24, 2.45) is 0 Å². The second-order valence-electron chi connectivity index (χ2n) is 2.10. The van der Waals surface area contributed by atoms with Crippen molar-refractivity contribution in [3.05, 3.63) is 31.9 Å². The van der Waals surface area contributed by atoms with Gasteiger partial charge in [0, 0.05) is 9.64 Å². The molecule has 0 spiro atoms. The Labute approximate surface area is 85.3 Å². The normalized spacial score (nSPS) is 9.77. The molecule has 0 aliphatic rings. The smallest absolute Gasteiger partial charge is 0.258 e. The van der Waals surface area contributed by atoms with Crippen molar-refractivity contribution in [2.75, 3.05) is 5.34 Å². The van der Waals surface area contributed by atoms with Crippen LogP contribution >= 0.6 is 22.6 Å². The molecule has 0 amide bonds. The van der Waals surface area contributed by atoms with Gasteiger partial charge in [0.25, 0.3) is 5.69 Å². The summed E-state index contributed by atoms with van der Waals surface area (Å²) in [5.74, 6) is 0. The number of nitro groups is 1. The zero-order valence-corrected chi connectivity index (χ0v) is 8.23. The Morgan fingerprint density at radius 3 is 2.46 bits per heavy atom. The van der Waals surface area contributed by atoms with Crippen molar-refractivity contribution in [3.63, 3.8) is 0 Å². The van der Waals surface area contributed by atoms with E-state index >= 15 is 0 Å². The van der Waals surface area contributed by atoms with E-state index in [1.165, 1.54) is 12.1 Å². The summed E-state index contributed by atoms with van der Waals surface area (Å²) < 4.78 is 24.5. The van der Waals surface area contributed by atoms with Crippen molar-refractivity contribution < 1.29 is 13.9 Å². The van der Waals surface area contributed by atoms with E-state index in [0.29, 0.717) is 0 Å². The Morgan fingerprint density at radius 1 is 1.46 bits per heavy atom. The first-order valence-corrected chi connectivity index (χ1v) is 4.16. The van der Waals surface area contributed by atoms with Crippen molar-refractivity contribution in [3.8, 4) is 0 Å². The first kappa shape index (κ1) is 10.1. The molecular formula is C6H3F2IN2O2. The monoisotopic (exact) mass is 300 g/mol. The van der Waals surface area contributed by atoms with Gasteiger partial charge in [-0.05, 0) is 34.0 Å². The van der Waals surface area contributed by atoms with Crippen LogP contribution in [-0.2, 0) is 0 Å². The van der Waals surface area contributed by atoms with Crippen LogP contribution in [0, 0.1) is 13.7 Å². The lowest BCUT2D eigenvalue weighted by Crippen LogP contribution is -2.03. The third-order valence-corrected chi connectivity index (χ3v) is 2.20. The van der Waals surface area contributed by atoms with Gasteiger partial charge in [-0.25, -0.2) is 0 Å². The van der Waals surface area contributed by atoms with E-state index in [1.54, 1.807) is 22.6 Å². The summed E-state index contributed by atoms with van der Waals surface area (Å²) in [6.45, 7) is 0. The van der Waals surface area contributed by atoms with Gasteiger partial charge >= 0.3 is 0 Å². The largest absolute Gasteiger partial charge is 0.299 e. The van der Waals surface area contributed by atoms with E-state index in [4.69, 9.17) is 0 Å². The fraction of sp³-hybridized carbons (Fsp3) is 0. The predicted octanol–water partition coefficient (Wildman–Crippen LogP) is 2.77. The topological polar surface area (TPSA) is 46.4 Å². The highest BCUT2D eigenvalue weighted by Crippen LogP contribution is 2.33. The number of halogens is 3. The zero-order chi connectivity index (χ0) is 10.0. The van der Waals surface area contributed by atoms with Crippen LogP contribution in [0.1, 0.15) is 0 Å². The van der Waals surface area contributed by atoms with Crippen LogP contribution < -0.4 is 5.34 Å². The van der Waals surface area contributed by atoms with Crippen LogP contribution in [0.25, 0.3) is 0 Å². The lowest BCUT2D eigenvalue weighted by Gasteiger charge is -2.04. The molecule has 13 heavy (non-hydrogen) atoms. The van der Waals surface area contributed by atoms with Crippen molar-refractivity contribution in [2.45, 2.75) is 0 Å². The van der Waals surface area contributed by atoms with Crippen LogP contribution in [0.5, 0.6) is 0 Å². The van der Waals surface area contributed by atoms with Crippen LogP contribution in [-0.4, -0.2) is 4.92 Å². The van der Waals surface area contributed by atoms with Crippen molar-refractivity contribution in [1.82, 2.24) is 0 Å². The van der Waals surface area contributed by atoms with E-state index in [0.717, 1.165) is 6.07 Å². The highest BCUT2D eigenvalue weighted by Gasteiger charge is 2.22. The number of hydrogen-bond acceptors (Lipinski definition) is 3. The van der Waals surface area contributed by atoms with Gasteiger partial charge in [-0.2, -0.15) is 0 Å². The van der Waals surface area contributed by atoms with E-state index in [2.05, 4.69) is 0 Å². The maximum absolute atomic E-state index is 12.2. The Morgan fingerprint density at radius 2 is 2.08 bits per heavy atom. The van der Waals surface area contributed by atoms with Gasteiger partial charge in [0.1, 0.15) is 0 Å². The van der Waals surface area contributed by atoms with Crippen LogP contribution in [0.3, 0.4) is 0 Å². The summed E-state index contributed by atoms with van der Waals surface area (Å²) in [7, 11) is 0. The Kier molecular flexibility index (Phi) is 2.96. The maximum atomic E-state index is 12.2. The lowest BCUT2D eigenvalue weighted by molar-refractivity contribution is -0.384. The van der Waals surface area contributed by atoms with Gasteiger partial charge < -0.3 is 0 Å². The SMILES string of the molecule is O=[N+]([O-])c1cccc(I)c1N(F)F. The third kappa shape index (κ3) is 2.02. The molecule has 1 aromatic rings. The molecule has 0 atom stereocenters. The number of para-hydroxylation sites is 1. The molecule has 0 saturated heterocycles. The summed E-state index contributed by atoms with van der Waals surface area (Å²) in [5, 5.41) is 9.07. The van der Waals surface area contributed by atoms with E-state index in [9.17, 15) is 19.1 Å². The average molecular weight is 300 g/mol. The average Bonchev–Trinajstić information content (AvgIpc) is 2.02. The predicted molar refractivity (Wildman–Crippen MR) is 50.5 cm³/mol. The second-order valence-corrected chi connectivity index (χ2v) is 3.26. The van der Waals surface area contributed by atoms with Crippen LogP contribution in [0.4, 0.5) is 20.3 Å². The second kappa shape index (κ2) is 3.81. The molecule has 7 heteroatoms. The highest BCUT2D eigenvalue weighted by molar-refractivity contribution is 14.1. The minimum absolute atomic E-state index is 0.136. The minimum atomic E-state index is -1.25. The third-order valence-electron chi connectivity index (χ3n) is 1.33. The molecule has 0 unspecified atom stereocenters. The lowest BCUT2D eigenvalue weighted by atomic mass is 10.3. The molecular weight excluding hydrogens is 297 g/mol. The maximum Gasteiger partial charge on any atom is 0.299 e. The minimum Gasteiger partial charge on any atom is -0.258 e. The standard InChI is InChI=1S/C6H3F2IN2O2/c7-10(8)6-4(9)2-1-3-5(6)11(12)13/h1-3H. The van der Waals surface area contributed by atoms with Gasteiger partial charge in [-0.1, -0.05) is 15.0 Å². The van der Waals surface area contributed by atoms with Gasteiger partial charge in [-0.15, -0.1) is 0 Å². The number of nitro benzene ring substituents is 1. The quantitative estimate of drug-likeness (QED) is 0.365. The number of nitrogens with zero attached hydrogens (tertiary/aromatic N) is 2. The summed E-state index contributed by atoms with van der Waals surface area (Å²) in [6.07, 6.45) is 0. The molecule has 0 aliphatic heterocycles. The number of benzene rings is 1. The molecule has 4 nitrogen and oxygen atoms in total.